The molecule has 1 unspecified atom stereocenters. The third-order valence-corrected chi connectivity index (χ3v) is 3.42. The van der Waals surface area contributed by atoms with E-state index in [1.165, 1.54) is 7.11 Å². The standard InChI is InChI=1S/C11H19N3O2S/c1-7(6-17-4)5-14-8(2)13-9(10(14)12)11(15)16-3/h7H,5-6,12H2,1-4H3. The molecule has 0 radical (unpaired) electrons. The Balaban J connectivity index is 2.93. The predicted molar refractivity (Wildman–Crippen MR) is 70.3 cm³/mol. The van der Waals surface area contributed by atoms with Crippen LogP contribution >= 0.6 is 11.8 Å². The van der Waals surface area contributed by atoms with E-state index in [0.717, 1.165) is 18.1 Å². The first-order valence-corrected chi connectivity index (χ1v) is 6.80. The van der Waals surface area contributed by atoms with Crippen LogP contribution in [0.4, 0.5) is 5.82 Å². The molecule has 0 saturated carbocycles. The van der Waals surface area contributed by atoms with E-state index in [2.05, 4.69) is 22.9 Å². The number of nitrogen functional groups attached to an aromatic ring is 1. The molecule has 0 aromatic carbocycles. The van der Waals surface area contributed by atoms with Gasteiger partial charge >= 0.3 is 5.97 Å². The summed E-state index contributed by atoms with van der Waals surface area (Å²) in [6, 6.07) is 0. The van der Waals surface area contributed by atoms with E-state index in [9.17, 15) is 4.79 Å². The molecule has 0 bridgehead atoms. The van der Waals surface area contributed by atoms with Gasteiger partial charge < -0.3 is 15.0 Å². The Morgan fingerprint density at radius 2 is 2.29 bits per heavy atom. The van der Waals surface area contributed by atoms with Gasteiger partial charge in [-0.1, -0.05) is 6.92 Å². The van der Waals surface area contributed by atoms with E-state index in [1.54, 1.807) is 11.8 Å². The Hall–Kier alpha value is -1.17. The minimum absolute atomic E-state index is 0.210. The monoisotopic (exact) mass is 257 g/mol. The summed E-state index contributed by atoms with van der Waals surface area (Å²) in [6.45, 7) is 4.75. The Kier molecular flexibility index (Phi) is 4.86. The lowest BCUT2D eigenvalue weighted by Crippen LogP contribution is -2.14. The molecule has 1 aromatic heterocycles. The number of nitrogens with zero attached hydrogens (tertiary/aromatic N) is 2. The van der Waals surface area contributed by atoms with Gasteiger partial charge in [-0.2, -0.15) is 11.8 Å². The molecule has 1 atom stereocenters. The third kappa shape index (κ3) is 3.15. The molecule has 0 spiro atoms. The van der Waals surface area contributed by atoms with Gasteiger partial charge in [0.1, 0.15) is 11.6 Å². The Bertz CT molecular complexity index is 404. The summed E-state index contributed by atoms with van der Waals surface area (Å²) in [5, 5.41) is 0. The van der Waals surface area contributed by atoms with Crippen molar-refractivity contribution in [1.82, 2.24) is 9.55 Å². The van der Waals surface area contributed by atoms with Gasteiger partial charge in [-0.3, -0.25) is 0 Å². The second-order valence-corrected chi connectivity index (χ2v) is 4.97. The van der Waals surface area contributed by atoms with E-state index in [0.29, 0.717) is 11.7 Å². The van der Waals surface area contributed by atoms with Crippen LogP contribution in [0.25, 0.3) is 0 Å². The first kappa shape index (κ1) is 13.9. The Morgan fingerprint density at radius 3 is 2.82 bits per heavy atom. The largest absolute Gasteiger partial charge is 0.464 e. The van der Waals surface area contributed by atoms with Crippen LogP contribution in [0.3, 0.4) is 0 Å². The molecule has 2 N–H and O–H groups in total. The molecule has 1 rings (SSSR count). The first-order valence-electron chi connectivity index (χ1n) is 5.41. The lowest BCUT2D eigenvalue weighted by molar-refractivity contribution is 0.0595. The second kappa shape index (κ2) is 5.95. The van der Waals surface area contributed by atoms with Crippen LogP contribution in [0.2, 0.25) is 0 Å². The molecule has 1 heterocycles. The fraction of sp³-hybridized carbons (Fsp3) is 0.636. The number of nitrogens with two attached hydrogens (primary N) is 1. The van der Waals surface area contributed by atoms with Crippen LogP contribution in [0.5, 0.6) is 0 Å². The van der Waals surface area contributed by atoms with Crippen molar-refractivity contribution < 1.29 is 9.53 Å². The van der Waals surface area contributed by atoms with Crippen molar-refractivity contribution >= 4 is 23.5 Å². The van der Waals surface area contributed by atoms with Gasteiger partial charge in [-0.15, -0.1) is 0 Å². The molecule has 0 aliphatic rings. The highest BCUT2D eigenvalue weighted by atomic mass is 32.2. The van der Waals surface area contributed by atoms with Gasteiger partial charge in [0.2, 0.25) is 0 Å². The molecule has 6 heteroatoms. The summed E-state index contributed by atoms with van der Waals surface area (Å²) in [7, 11) is 1.33. The lowest BCUT2D eigenvalue weighted by Gasteiger charge is -2.13. The van der Waals surface area contributed by atoms with Crippen molar-refractivity contribution in [2.24, 2.45) is 5.92 Å². The van der Waals surface area contributed by atoms with E-state index in [-0.39, 0.29) is 5.69 Å². The molecule has 0 aliphatic heterocycles. The third-order valence-electron chi connectivity index (χ3n) is 2.52. The van der Waals surface area contributed by atoms with Crippen LogP contribution in [0, 0.1) is 12.8 Å². The number of thioether (sulfide) groups is 1. The molecular weight excluding hydrogens is 238 g/mol. The van der Waals surface area contributed by atoms with Gasteiger partial charge in [0.25, 0.3) is 0 Å². The molecule has 0 fully saturated rings. The van der Waals surface area contributed by atoms with E-state index in [4.69, 9.17) is 5.73 Å². The lowest BCUT2D eigenvalue weighted by atomic mass is 10.2. The number of anilines is 1. The molecule has 0 aliphatic carbocycles. The van der Waals surface area contributed by atoms with Crippen molar-refractivity contribution in [2.45, 2.75) is 20.4 Å². The average Bonchev–Trinajstić information content (AvgIpc) is 2.56. The van der Waals surface area contributed by atoms with Gasteiger partial charge in [0.05, 0.1) is 7.11 Å². The van der Waals surface area contributed by atoms with Crippen molar-refractivity contribution in [1.29, 1.82) is 0 Å². The van der Waals surface area contributed by atoms with Crippen LogP contribution in [-0.2, 0) is 11.3 Å². The molecule has 1 aromatic rings. The number of imidazole rings is 1. The van der Waals surface area contributed by atoms with Crippen molar-refractivity contribution in [2.75, 3.05) is 24.9 Å². The SMILES string of the molecule is COC(=O)c1nc(C)n(CC(C)CSC)c1N. The quantitative estimate of drug-likeness (QED) is 0.811. The summed E-state index contributed by atoms with van der Waals surface area (Å²) in [4.78, 5) is 15.6. The summed E-state index contributed by atoms with van der Waals surface area (Å²) in [5.41, 5.74) is 6.13. The highest BCUT2D eigenvalue weighted by molar-refractivity contribution is 7.98. The van der Waals surface area contributed by atoms with Gasteiger partial charge in [-0.05, 0) is 24.9 Å². The maximum absolute atomic E-state index is 11.4. The summed E-state index contributed by atoms with van der Waals surface area (Å²) in [5.74, 6) is 2.18. The molecule has 0 amide bonds. The number of hydrogen-bond acceptors (Lipinski definition) is 5. The van der Waals surface area contributed by atoms with Gasteiger partial charge in [0.15, 0.2) is 5.69 Å². The number of ether oxygens (including phenoxy) is 1. The van der Waals surface area contributed by atoms with E-state index >= 15 is 0 Å². The molecule has 96 valence electrons. The van der Waals surface area contributed by atoms with Crippen molar-refractivity contribution in [3.8, 4) is 0 Å². The summed E-state index contributed by atoms with van der Waals surface area (Å²) >= 11 is 1.79. The van der Waals surface area contributed by atoms with Crippen molar-refractivity contribution in [3.63, 3.8) is 0 Å². The number of carbonyl (C=O) groups is 1. The van der Waals surface area contributed by atoms with Crippen LogP contribution in [0.15, 0.2) is 0 Å². The summed E-state index contributed by atoms with van der Waals surface area (Å²) < 4.78 is 6.51. The maximum atomic E-state index is 11.4. The minimum Gasteiger partial charge on any atom is -0.464 e. The zero-order valence-corrected chi connectivity index (χ0v) is 11.5. The number of rotatable bonds is 5. The number of carbonyl (C=O) groups excluding carboxylic acids is 1. The number of esters is 1. The molecule has 5 nitrogen and oxygen atoms in total. The fourth-order valence-electron chi connectivity index (χ4n) is 1.71. The highest BCUT2D eigenvalue weighted by Crippen LogP contribution is 2.18. The molecule has 0 saturated heterocycles. The highest BCUT2D eigenvalue weighted by Gasteiger charge is 2.19. The first-order chi connectivity index (χ1) is 8.01. The van der Waals surface area contributed by atoms with Crippen molar-refractivity contribution in [3.05, 3.63) is 11.5 Å². The molecular formula is C11H19N3O2S. The predicted octanol–water partition coefficient (Wildman–Crippen LogP) is 1.56. The van der Waals surface area contributed by atoms with Crippen LogP contribution in [-0.4, -0.2) is 34.6 Å². The topological polar surface area (TPSA) is 70.1 Å². The molecule has 17 heavy (non-hydrogen) atoms. The number of hydrogen-bond donors (Lipinski definition) is 1. The van der Waals surface area contributed by atoms with Gasteiger partial charge in [0, 0.05) is 6.54 Å². The van der Waals surface area contributed by atoms with E-state index in [1.807, 2.05) is 11.5 Å². The second-order valence-electron chi connectivity index (χ2n) is 4.06. The zero-order chi connectivity index (χ0) is 13.0. The average molecular weight is 257 g/mol. The zero-order valence-electron chi connectivity index (χ0n) is 10.7. The number of aromatic nitrogens is 2. The van der Waals surface area contributed by atoms with Crippen LogP contribution in [0.1, 0.15) is 23.2 Å². The van der Waals surface area contributed by atoms with Gasteiger partial charge in [-0.25, -0.2) is 9.78 Å². The maximum Gasteiger partial charge on any atom is 0.360 e. The van der Waals surface area contributed by atoms with E-state index < -0.39 is 5.97 Å². The number of aryl methyl sites for hydroxylation is 1. The Morgan fingerprint density at radius 1 is 1.65 bits per heavy atom. The smallest absolute Gasteiger partial charge is 0.360 e. The van der Waals surface area contributed by atoms with Crippen LogP contribution < -0.4 is 5.73 Å². The Labute approximate surface area is 106 Å². The summed E-state index contributed by atoms with van der Waals surface area (Å²) in [6.07, 6.45) is 2.07. The fourth-order valence-corrected chi connectivity index (χ4v) is 2.38. The normalized spacial score (nSPS) is 12.5. The minimum atomic E-state index is -0.484. The number of methoxy groups -OCH3 is 1.